The van der Waals surface area contributed by atoms with Crippen molar-refractivity contribution in [1.29, 1.82) is 0 Å². The third kappa shape index (κ3) is 3.68. The molecule has 3 N–H and O–H groups in total. The van der Waals surface area contributed by atoms with Gasteiger partial charge in [0, 0.05) is 25.4 Å². The standard InChI is InChI=1S/C11H19N5O2S/c1-11(18,7-19-2)6-13-10(17)9-5-16(15-14-9)8-3-12-4-8/h5,8,12,18H,3-4,6-7H2,1-2H3,(H,13,17). The van der Waals surface area contributed by atoms with Gasteiger partial charge in [0.25, 0.3) is 5.91 Å². The van der Waals surface area contributed by atoms with Crippen molar-refractivity contribution in [2.75, 3.05) is 31.6 Å². The zero-order chi connectivity index (χ0) is 13.9. The lowest BCUT2D eigenvalue weighted by atomic mass is 10.1. The summed E-state index contributed by atoms with van der Waals surface area (Å²) in [5.41, 5.74) is -0.630. The molecule has 1 amide bonds. The highest BCUT2D eigenvalue weighted by Crippen LogP contribution is 2.11. The van der Waals surface area contributed by atoms with E-state index >= 15 is 0 Å². The zero-order valence-corrected chi connectivity index (χ0v) is 11.9. The molecule has 0 aliphatic carbocycles. The molecule has 0 saturated carbocycles. The van der Waals surface area contributed by atoms with Crippen molar-refractivity contribution < 1.29 is 9.90 Å². The largest absolute Gasteiger partial charge is 0.387 e. The van der Waals surface area contributed by atoms with Gasteiger partial charge >= 0.3 is 0 Å². The SMILES string of the molecule is CSCC(C)(O)CNC(=O)c1cn(C2CNC2)nn1. The number of nitrogens with zero attached hydrogens (tertiary/aromatic N) is 3. The molecule has 1 unspecified atom stereocenters. The summed E-state index contributed by atoms with van der Waals surface area (Å²) in [4.78, 5) is 11.9. The molecule has 2 rings (SSSR count). The number of aliphatic hydroxyl groups is 1. The highest BCUT2D eigenvalue weighted by Gasteiger charge is 2.24. The van der Waals surface area contributed by atoms with E-state index in [2.05, 4.69) is 20.9 Å². The van der Waals surface area contributed by atoms with Crippen LogP contribution >= 0.6 is 11.8 Å². The van der Waals surface area contributed by atoms with Crippen molar-refractivity contribution in [1.82, 2.24) is 25.6 Å². The maximum atomic E-state index is 11.9. The predicted molar refractivity (Wildman–Crippen MR) is 73.3 cm³/mol. The zero-order valence-electron chi connectivity index (χ0n) is 11.1. The van der Waals surface area contributed by atoms with Crippen molar-refractivity contribution in [3.8, 4) is 0 Å². The van der Waals surface area contributed by atoms with E-state index in [0.29, 0.717) is 5.75 Å². The predicted octanol–water partition coefficient (Wildman–Crippen LogP) is -0.734. The quantitative estimate of drug-likeness (QED) is 0.638. The molecule has 106 valence electrons. The van der Waals surface area contributed by atoms with Gasteiger partial charge in [-0.15, -0.1) is 5.10 Å². The maximum Gasteiger partial charge on any atom is 0.273 e. The minimum absolute atomic E-state index is 0.199. The first-order valence-corrected chi connectivity index (χ1v) is 7.53. The van der Waals surface area contributed by atoms with Crippen molar-refractivity contribution in [2.24, 2.45) is 0 Å². The van der Waals surface area contributed by atoms with Gasteiger partial charge in [0.2, 0.25) is 0 Å². The van der Waals surface area contributed by atoms with Crippen LogP contribution in [-0.2, 0) is 0 Å². The Morgan fingerprint density at radius 1 is 1.74 bits per heavy atom. The van der Waals surface area contributed by atoms with E-state index in [1.807, 2.05) is 6.26 Å². The van der Waals surface area contributed by atoms with Gasteiger partial charge in [0.05, 0.1) is 17.8 Å². The molecule has 1 saturated heterocycles. The van der Waals surface area contributed by atoms with Gasteiger partial charge in [-0.05, 0) is 13.2 Å². The molecule has 8 heteroatoms. The molecule has 1 aromatic rings. The van der Waals surface area contributed by atoms with Crippen molar-refractivity contribution >= 4 is 17.7 Å². The van der Waals surface area contributed by atoms with E-state index in [-0.39, 0.29) is 24.2 Å². The summed E-state index contributed by atoms with van der Waals surface area (Å²) in [6, 6.07) is 0.286. The number of nitrogens with one attached hydrogen (secondary N) is 2. The average Bonchev–Trinajstić information content (AvgIpc) is 2.73. The number of carbonyl (C=O) groups is 1. The van der Waals surface area contributed by atoms with Crippen molar-refractivity contribution in [3.05, 3.63) is 11.9 Å². The summed E-state index contributed by atoms with van der Waals surface area (Å²) < 4.78 is 1.70. The Bertz CT molecular complexity index is 444. The monoisotopic (exact) mass is 285 g/mol. The summed E-state index contributed by atoms with van der Waals surface area (Å²) in [5.74, 6) is 0.258. The molecule has 2 heterocycles. The lowest BCUT2D eigenvalue weighted by Gasteiger charge is -2.26. The second kappa shape index (κ2) is 5.89. The number of amides is 1. The van der Waals surface area contributed by atoms with Crippen LogP contribution in [0.15, 0.2) is 6.20 Å². The summed E-state index contributed by atoms with van der Waals surface area (Å²) in [5, 5.41) is 23.6. The Hall–Kier alpha value is -1.12. The molecule has 1 atom stereocenters. The summed E-state index contributed by atoms with van der Waals surface area (Å²) in [7, 11) is 0. The van der Waals surface area contributed by atoms with Crippen LogP contribution in [0.2, 0.25) is 0 Å². The molecule has 0 bridgehead atoms. The highest BCUT2D eigenvalue weighted by atomic mass is 32.2. The van der Waals surface area contributed by atoms with E-state index in [4.69, 9.17) is 0 Å². The number of hydrogen-bond acceptors (Lipinski definition) is 6. The van der Waals surface area contributed by atoms with E-state index in [1.54, 1.807) is 17.8 Å². The van der Waals surface area contributed by atoms with Crippen molar-refractivity contribution in [2.45, 2.75) is 18.6 Å². The van der Waals surface area contributed by atoms with Crippen molar-refractivity contribution in [3.63, 3.8) is 0 Å². The highest BCUT2D eigenvalue weighted by molar-refractivity contribution is 7.98. The van der Waals surface area contributed by atoms with Crippen LogP contribution < -0.4 is 10.6 Å². The molecule has 0 aromatic carbocycles. The topological polar surface area (TPSA) is 92.1 Å². The molecule has 0 spiro atoms. The molecule has 1 fully saturated rings. The van der Waals surface area contributed by atoms with Crippen LogP contribution in [0, 0.1) is 0 Å². The Kier molecular flexibility index (Phi) is 4.43. The van der Waals surface area contributed by atoms with Gasteiger partial charge in [-0.25, -0.2) is 4.68 Å². The number of carbonyl (C=O) groups excluding carboxylic acids is 1. The lowest BCUT2D eigenvalue weighted by molar-refractivity contribution is 0.0722. The van der Waals surface area contributed by atoms with Crippen LogP contribution in [0.4, 0.5) is 0 Å². The molecule has 1 aromatic heterocycles. The first-order chi connectivity index (χ1) is 9.02. The summed E-state index contributed by atoms with van der Waals surface area (Å²) in [6.07, 6.45) is 3.55. The van der Waals surface area contributed by atoms with Gasteiger partial charge in [0.15, 0.2) is 5.69 Å². The minimum Gasteiger partial charge on any atom is -0.387 e. The van der Waals surface area contributed by atoms with Crippen LogP contribution in [-0.4, -0.2) is 63.3 Å². The molecule has 1 aliphatic heterocycles. The number of thioether (sulfide) groups is 1. The average molecular weight is 285 g/mol. The maximum absolute atomic E-state index is 11.9. The smallest absolute Gasteiger partial charge is 0.273 e. The normalized spacial score (nSPS) is 18.7. The molecule has 0 radical (unpaired) electrons. The molecule has 1 aliphatic rings. The molecular weight excluding hydrogens is 266 g/mol. The van der Waals surface area contributed by atoms with Crippen LogP contribution in [0.1, 0.15) is 23.5 Å². The van der Waals surface area contributed by atoms with Gasteiger partial charge in [-0.2, -0.15) is 11.8 Å². The van der Waals surface area contributed by atoms with E-state index in [9.17, 15) is 9.90 Å². The minimum atomic E-state index is -0.914. The molecule has 7 nitrogen and oxygen atoms in total. The van der Waals surface area contributed by atoms with Crippen LogP contribution in [0.25, 0.3) is 0 Å². The van der Waals surface area contributed by atoms with Crippen LogP contribution in [0.5, 0.6) is 0 Å². The Morgan fingerprint density at radius 2 is 2.47 bits per heavy atom. The van der Waals surface area contributed by atoms with Gasteiger partial charge in [0.1, 0.15) is 0 Å². The molecule has 19 heavy (non-hydrogen) atoms. The third-order valence-corrected chi connectivity index (χ3v) is 3.87. The first-order valence-electron chi connectivity index (χ1n) is 6.14. The van der Waals surface area contributed by atoms with E-state index in [0.717, 1.165) is 13.1 Å². The number of rotatable bonds is 6. The summed E-state index contributed by atoms with van der Waals surface area (Å²) >= 11 is 1.53. The van der Waals surface area contributed by atoms with Gasteiger partial charge in [-0.1, -0.05) is 5.21 Å². The fourth-order valence-corrected chi connectivity index (χ4v) is 2.47. The van der Waals surface area contributed by atoms with E-state index < -0.39 is 5.60 Å². The first kappa shape index (κ1) is 14.3. The second-order valence-corrected chi connectivity index (χ2v) is 5.87. The fourth-order valence-electron chi connectivity index (χ4n) is 1.74. The van der Waals surface area contributed by atoms with Gasteiger partial charge in [-0.3, -0.25) is 4.79 Å². The van der Waals surface area contributed by atoms with Gasteiger partial charge < -0.3 is 15.7 Å². The fraction of sp³-hybridized carbons (Fsp3) is 0.727. The van der Waals surface area contributed by atoms with E-state index in [1.165, 1.54) is 11.8 Å². The number of aromatic nitrogens is 3. The molecular formula is C11H19N5O2S. The lowest BCUT2D eigenvalue weighted by Crippen LogP contribution is -2.43. The Balaban J connectivity index is 1.87. The van der Waals surface area contributed by atoms with Crippen LogP contribution in [0.3, 0.4) is 0 Å². The third-order valence-electron chi connectivity index (χ3n) is 2.96. The number of hydrogen-bond donors (Lipinski definition) is 3. The Labute approximate surface area is 116 Å². The summed E-state index contributed by atoms with van der Waals surface area (Å²) in [6.45, 7) is 3.60. The second-order valence-electron chi connectivity index (χ2n) is 5.01. The Morgan fingerprint density at radius 3 is 3.05 bits per heavy atom.